The number of halogens is 1. The Bertz CT molecular complexity index is 1140. The summed E-state index contributed by atoms with van der Waals surface area (Å²) in [5.74, 6) is 0.168. The molecule has 0 aliphatic carbocycles. The molecule has 0 spiro atoms. The minimum Gasteiger partial charge on any atom is -0.327 e. The van der Waals surface area contributed by atoms with Crippen molar-refractivity contribution in [3.63, 3.8) is 0 Å². The maximum absolute atomic E-state index is 12.6. The van der Waals surface area contributed by atoms with Gasteiger partial charge in [0, 0.05) is 5.02 Å². The highest BCUT2D eigenvalue weighted by Gasteiger charge is 2.32. The van der Waals surface area contributed by atoms with Crippen molar-refractivity contribution in [3.8, 4) is 0 Å². The number of carbonyl (C=O) groups excluding carboxylic acids is 1. The van der Waals surface area contributed by atoms with Gasteiger partial charge in [0.05, 0.1) is 18.2 Å². The van der Waals surface area contributed by atoms with Crippen molar-refractivity contribution in [1.29, 1.82) is 0 Å². The molecule has 3 N–H and O–H groups in total. The fraction of sp³-hybridized carbons (Fsp3) is 0.105. The van der Waals surface area contributed by atoms with E-state index in [1.54, 1.807) is 24.3 Å². The van der Waals surface area contributed by atoms with Crippen molar-refractivity contribution in [2.75, 3.05) is 5.32 Å². The first kappa shape index (κ1) is 17.1. The Kier molecular flexibility index (Phi) is 4.29. The first-order valence-corrected chi connectivity index (χ1v) is 8.65. The quantitative estimate of drug-likeness (QED) is 0.649. The lowest BCUT2D eigenvalue weighted by Gasteiger charge is -2.29. The monoisotopic (exact) mass is 382 g/mol. The molecule has 0 saturated carbocycles. The minimum absolute atomic E-state index is 0.168. The van der Waals surface area contributed by atoms with E-state index in [2.05, 4.69) is 15.6 Å². The number of hydrogen-bond acceptors (Lipinski definition) is 3. The molecule has 8 heteroatoms. The van der Waals surface area contributed by atoms with E-state index >= 15 is 0 Å². The SMILES string of the molecule is O=C1Nc2c(c(=O)[nH]c(=O)n2Cc2ccccc2)C(c2ccccc2Cl)N1. The van der Waals surface area contributed by atoms with Gasteiger partial charge in [0.25, 0.3) is 5.56 Å². The summed E-state index contributed by atoms with van der Waals surface area (Å²) in [5, 5.41) is 5.72. The molecular formula is C19H15ClN4O3. The molecular weight excluding hydrogens is 368 g/mol. The van der Waals surface area contributed by atoms with Gasteiger partial charge >= 0.3 is 11.7 Å². The molecule has 7 nitrogen and oxygen atoms in total. The summed E-state index contributed by atoms with van der Waals surface area (Å²) in [5.41, 5.74) is 0.499. The zero-order valence-electron chi connectivity index (χ0n) is 14.0. The number of nitrogens with zero attached hydrogens (tertiary/aromatic N) is 1. The lowest BCUT2D eigenvalue weighted by Crippen LogP contribution is -2.46. The van der Waals surface area contributed by atoms with Crippen LogP contribution in [0.2, 0.25) is 5.02 Å². The van der Waals surface area contributed by atoms with Gasteiger partial charge in [-0.15, -0.1) is 0 Å². The van der Waals surface area contributed by atoms with Crippen LogP contribution in [0.1, 0.15) is 22.7 Å². The maximum atomic E-state index is 12.6. The van der Waals surface area contributed by atoms with Gasteiger partial charge in [-0.2, -0.15) is 0 Å². The fourth-order valence-corrected chi connectivity index (χ4v) is 3.44. The van der Waals surface area contributed by atoms with Gasteiger partial charge in [-0.1, -0.05) is 60.1 Å². The fourth-order valence-electron chi connectivity index (χ4n) is 3.20. The number of carbonyl (C=O) groups is 1. The Hall–Kier alpha value is -3.32. The summed E-state index contributed by atoms with van der Waals surface area (Å²) >= 11 is 6.27. The zero-order chi connectivity index (χ0) is 19.0. The first-order valence-electron chi connectivity index (χ1n) is 8.27. The van der Waals surface area contributed by atoms with E-state index in [4.69, 9.17) is 11.6 Å². The van der Waals surface area contributed by atoms with Gasteiger partial charge in [-0.3, -0.25) is 19.7 Å². The van der Waals surface area contributed by atoms with Gasteiger partial charge < -0.3 is 5.32 Å². The molecule has 2 amide bonds. The van der Waals surface area contributed by atoms with Crippen LogP contribution in [-0.2, 0) is 6.54 Å². The average molecular weight is 383 g/mol. The molecule has 0 radical (unpaired) electrons. The van der Waals surface area contributed by atoms with E-state index in [0.717, 1.165) is 5.56 Å². The number of rotatable bonds is 3. The highest BCUT2D eigenvalue weighted by Crippen LogP contribution is 2.32. The predicted molar refractivity (Wildman–Crippen MR) is 102 cm³/mol. The highest BCUT2D eigenvalue weighted by molar-refractivity contribution is 6.31. The Morgan fingerprint density at radius 1 is 0.963 bits per heavy atom. The van der Waals surface area contributed by atoms with E-state index in [1.807, 2.05) is 30.3 Å². The van der Waals surface area contributed by atoms with Crippen molar-refractivity contribution < 1.29 is 4.79 Å². The molecule has 1 aliphatic rings. The molecule has 2 heterocycles. The summed E-state index contributed by atoms with van der Waals surface area (Å²) in [4.78, 5) is 39.6. The second-order valence-electron chi connectivity index (χ2n) is 6.15. The molecule has 2 aromatic carbocycles. The van der Waals surface area contributed by atoms with Crippen LogP contribution in [0.25, 0.3) is 0 Å². The lowest BCUT2D eigenvalue weighted by molar-refractivity contribution is 0.248. The van der Waals surface area contributed by atoms with Crippen LogP contribution in [0.3, 0.4) is 0 Å². The Morgan fingerprint density at radius 3 is 2.41 bits per heavy atom. The molecule has 27 heavy (non-hydrogen) atoms. The standard InChI is InChI=1S/C19H15ClN4O3/c20-13-9-5-4-8-12(13)15-14-16(22-18(26)21-15)24(19(27)23-17(14)25)10-11-6-2-1-3-7-11/h1-9,15H,10H2,(H2,21,22,26)(H,23,25,27). The van der Waals surface area contributed by atoms with Gasteiger partial charge in [0.15, 0.2) is 0 Å². The number of fused-ring (bicyclic) bond motifs is 1. The van der Waals surface area contributed by atoms with E-state index in [-0.39, 0.29) is 17.9 Å². The van der Waals surface area contributed by atoms with Crippen molar-refractivity contribution >= 4 is 23.4 Å². The van der Waals surface area contributed by atoms with Gasteiger partial charge in [-0.25, -0.2) is 9.59 Å². The number of H-pyrrole nitrogens is 1. The number of nitrogens with one attached hydrogen (secondary N) is 3. The summed E-state index contributed by atoms with van der Waals surface area (Å²) < 4.78 is 1.34. The molecule has 0 fully saturated rings. The van der Waals surface area contributed by atoms with Crippen LogP contribution >= 0.6 is 11.6 Å². The molecule has 1 aliphatic heterocycles. The number of hydrogen-bond donors (Lipinski definition) is 3. The second kappa shape index (κ2) is 6.77. The van der Waals surface area contributed by atoms with Crippen LogP contribution in [0, 0.1) is 0 Å². The predicted octanol–water partition coefficient (Wildman–Crippen LogP) is 2.46. The summed E-state index contributed by atoms with van der Waals surface area (Å²) in [7, 11) is 0. The van der Waals surface area contributed by atoms with Gasteiger partial charge in [0.2, 0.25) is 0 Å². The number of amides is 2. The maximum Gasteiger partial charge on any atom is 0.330 e. The van der Waals surface area contributed by atoms with E-state index in [1.165, 1.54) is 4.57 Å². The lowest BCUT2D eigenvalue weighted by atomic mass is 9.98. The minimum atomic E-state index is -0.770. The van der Waals surface area contributed by atoms with Crippen molar-refractivity contribution in [3.05, 3.63) is 97.1 Å². The number of aromatic amines is 1. The summed E-state index contributed by atoms with van der Waals surface area (Å²) in [6.45, 7) is 0.203. The number of aromatic nitrogens is 2. The van der Waals surface area contributed by atoms with E-state index < -0.39 is 23.3 Å². The first-order chi connectivity index (χ1) is 13.0. The molecule has 0 saturated heterocycles. The molecule has 1 unspecified atom stereocenters. The van der Waals surface area contributed by atoms with Crippen LogP contribution < -0.4 is 21.9 Å². The molecule has 136 valence electrons. The van der Waals surface area contributed by atoms with Crippen molar-refractivity contribution in [1.82, 2.24) is 14.9 Å². The van der Waals surface area contributed by atoms with Gasteiger partial charge in [0.1, 0.15) is 5.82 Å². The Balaban J connectivity index is 1.92. The molecule has 1 aromatic heterocycles. The van der Waals surface area contributed by atoms with Crippen LogP contribution in [0.15, 0.2) is 64.2 Å². The Morgan fingerprint density at radius 2 is 1.67 bits per heavy atom. The molecule has 4 rings (SSSR count). The largest absolute Gasteiger partial charge is 0.330 e. The van der Waals surface area contributed by atoms with Crippen molar-refractivity contribution in [2.24, 2.45) is 0 Å². The Labute approximate surface area is 158 Å². The van der Waals surface area contributed by atoms with Crippen LogP contribution in [-0.4, -0.2) is 15.6 Å². The van der Waals surface area contributed by atoms with E-state index in [0.29, 0.717) is 10.6 Å². The third kappa shape index (κ3) is 3.13. The molecule has 0 bridgehead atoms. The topological polar surface area (TPSA) is 96.0 Å². The smallest absolute Gasteiger partial charge is 0.327 e. The number of anilines is 1. The van der Waals surface area contributed by atoms with Gasteiger partial charge in [-0.05, 0) is 17.2 Å². The summed E-state index contributed by atoms with van der Waals surface area (Å²) in [6, 6.07) is 14.9. The molecule has 3 aromatic rings. The van der Waals surface area contributed by atoms with Crippen LogP contribution in [0.5, 0.6) is 0 Å². The molecule has 1 atom stereocenters. The van der Waals surface area contributed by atoms with Crippen molar-refractivity contribution in [2.45, 2.75) is 12.6 Å². The number of benzene rings is 2. The average Bonchev–Trinajstić information content (AvgIpc) is 2.65. The third-order valence-electron chi connectivity index (χ3n) is 4.43. The van der Waals surface area contributed by atoms with E-state index in [9.17, 15) is 14.4 Å². The zero-order valence-corrected chi connectivity index (χ0v) is 14.8. The normalized spacial score (nSPS) is 15.6. The summed E-state index contributed by atoms with van der Waals surface area (Å²) in [6.07, 6.45) is 0. The highest BCUT2D eigenvalue weighted by atomic mass is 35.5. The number of urea groups is 1. The third-order valence-corrected chi connectivity index (χ3v) is 4.78. The second-order valence-corrected chi connectivity index (χ2v) is 6.55. The van der Waals surface area contributed by atoms with Crippen LogP contribution in [0.4, 0.5) is 10.6 Å².